The molecule has 1 heterocycles. The van der Waals surface area contributed by atoms with Gasteiger partial charge in [-0.25, -0.2) is 8.42 Å². The Morgan fingerprint density at radius 3 is 2.25 bits per heavy atom. The molecule has 0 bridgehead atoms. The smallest absolute Gasteiger partial charge is 0.279 e. The first-order chi connectivity index (χ1) is 17.2. The fourth-order valence-electron chi connectivity index (χ4n) is 3.78. The molecule has 0 aliphatic rings. The van der Waals surface area contributed by atoms with Gasteiger partial charge in [0.05, 0.1) is 28.3 Å². The molecule has 0 atom stereocenters. The summed E-state index contributed by atoms with van der Waals surface area (Å²) in [6.07, 6.45) is 0.911. The molecule has 1 aromatic heterocycles. The summed E-state index contributed by atoms with van der Waals surface area (Å²) >= 11 is 1.49. The molecular formula is C26H35N3O5S2. The highest BCUT2D eigenvalue weighted by Crippen LogP contribution is 2.24. The van der Waals surface area contributed by atoms with Crippen LogP contribution in [0.15, 0.2) is 52.4 Å². The molecule has 0 fully saturated rings. The maximum absolute atomic E-state index is 13.1. The lowest BCUT2D eigenvalue weighted by Gasteiger charge is -2.21. The standard InChI is InChI=1S/C26H35N3O5S2/c1-6-13-29-23-12-9-21(19(2)3)18-24(23)35-26(29)27-25(30)20-7-10-22(11-8-20)36(31,32)28(14-16-33-4)15-17-34-5/h7-12,18-19H,6,13-17H2,1-5H3. The zero-order valence-electron chi connectivity index (χ0n) is 21.6. The predicted octanol–water partition coefficient (Wildman–Crippen LogP) is 4.26. The second-order valence-corrected chi connectivity index (χ2v) is 11.7. The van der Waals surface area contributed by atoms with Gasteiger partial charge >= 0.3 is 0 Å². The van der Waals surface area contributed by atoms with Crippen molar-refractivity contribution in [1.82, 2.24) is 8.87 Å². The van der Waals surface area contributed by atoms with Crippen LogP contribution in [-0.2, 0) is 26.0 Å². The number of benzene rings is 2. The summed E-state index contributed by atoms with van der Waals surface area (Å²) < 4.78 is 40.8. The first-order valence-corrected chi connectivity index (χ1v) is 14.3. The molecule has 10 heteroatoms. The van der Waals surface area contributed by atoms with Crippen molar-refractivity contribution in [2.45, 2.75) is 44.6 Å². The van der Waals surface area contributed by atoms with Gasteiger partial charge in [0.25, 0.3) is 5.91 Å². The molecule has 3 aromatic rings. The van der Waals surface area contributed by atoms with Crippen molar-refractivity contribution in [2.24, 2.45) is 4.99 Å². The number of nitrogens with zero attached hydrogens (tertiary/aromatic N) is 3. The van der Waals surface area contributed by atoms with E-state index in [9.17, 15) is 13.2 Å². The van der Waals surface area contributed by atoms with Gasteiger partial charge in [-0.2, -0.15) is 9.30 Å². The van der Waals surface area contributed by atoms with Crippen molar-refractivity contribution in [3.8, 4) is 0 Å². The average molecular weight is 534 g/mol. The van der Waals surface area contributed by atoms with Crippen LogP contribution in [0.2, 0.25) is 0 Å². The van der Waals surface area contributed by atoms with E-state index in [0.717, 1.165) is 23.2 Å². The number of rotatable bonds is 12. The van der Waals surface area contributed by atoms with E-state index in [0.29, 0.717) is 16.3 Å². The van der Waals surface area contributed by atoms with Crippen molar-refractivity contribution >= 4 is 37.5 Å². The minimum absolute atomic E-state index is 0.107. The number of hydrogen-bond donors (Lipinski definition) is 0. The fourth-order valence-corrected chi connectivity index (χ4v) is 6.29. The maximum atomic E-state index is 13.1. The normalized spacial score (nSPS) is 12.8. The van der Waals surface area contributed by atoms with E-state index in [1.54, 1.807) is 0 Å². The van der Waals surface area contributed by atoms with Gasteiger partial charge in [-0.3, -0.25) is 4.79 Å². The Bertz CT molecular complexity index is 1330. The molecule has 0 spiro atoms. The lowest BCUT2D eigenvalue weighted by atomic mass is 10.0. The first-order valence-electron chi connectivity index (χ1n) is 12.0. The van der Waals surface area contributed by atoms with E-state index in [-0.39, 0.29) is 31.2 Å². The second-order valence-electron chi connectivity index (χ2n) is 8.75. The quantitative estimate of drug-likeness (QED) is 0.347. The van der Waals surface area contributed by atoms with Crippen LogP contribution in [0.25, 0.3) is 10.2 Å². The number of sulfonamides is 1. The minimum Gasteiger partial charge on any atom is -0.383 e. The van der Waals surface area contributed by atoms with Gasteiger partial charge < -0.3 is 14.0 Å². The molecule has 3 rings (SSSR count). The summed E-state index contributed by atoms with van der Waals surface area (Å²) in [7, 11) is -0.714. The van der Waals surface area contributed by atoms with E-state index in [1.165, 1.54) is 59.7 Å². The highest BCUT2D eigenvalue weighted by Gasteiger charge is 2.24. The van der Waals surface area contributed by atoms with E-state index >= 15 is 0 Å². The van der Waals surface area contributed by atoms with E-state index < -0.39 is 15.9 Å². The maximum Gasteiger partial charge on any atom is 0.279 e. The van der Waals surface area contributed by atoms with Crippen LogP contribution in [0.3, 0.4) is 0 Å². The molecule has 0 unspecified atom stereocenters. The number of ether oxygens (including phenoxy) is 2. The number of carbonyl (C=O) groups excluding carboxylic acids is 1. The number of thiazole rings is 1. The summed E-state index contributed by atoms with van der Waals surface area (Å²) in [5, 5.41) is 0. The number of aromatic nitrogens is 1. The van der Waals surface area contributed by atoms with Crippen LogP contribution < -0.4 is 4.80 Å². The molecule has 196 valence electrons. The molecule has 8 nitrogen and oxygen atoms in total. The summed E-state index contributed by atoms with van der Waals surface area (Å²) in [4.78, 5) is 18.2. The first kappa shape index (κ1) is 28.2. The number of fused-ring (bicyclic) bond motifs is 1. The molecule has 0 aliphatic carbocycles. The molecule has 0 radical (unpaired) electrons. The van der Waals surface area contributed by atoms with Gasteiger partial charge in [-0.15, -0.1) is 0 Å². The summed E-state index contributed by atoms with van der Waals surface area (Å²) in [6.45, 7) is 8.10. The molecule has 1 amide bonds. The zero-order valence-corrected chi connectivity index (χ0v) is 23.2. The third-order valence-electron chi connectivity index (χ3n) is 5.85. The third kappa shape index (κ3) is 6.49. The lowest BCUT2D eigenvalue weighted by Crippen LogP contribution is -2.36. The van der Waals surface area contributed by atoms with Crippen LogP contribution in [0, 0.1) is 0 Å². The van der Waals surface area contributed by atoms with E-state index in [1.807, 2.05) is 0 Å². The highest BCUT2D eigenvalue weighted by molar-refractivity contribution is 7.89. The highest BCUT2D eigenvalue weighted by atomic mass is 32.2. The number of hydrogen-bond acceptors (Lipinski definition) is 6. The summed E-state index contributed by atoms with van der Waals surface area (Å²) in [5.41, 5.74) is 2.64. The fraction of sp³-hybridized carbons (Fsp3) is 0.462. The Balaban J connectivity index is 1.92. The number of methoxy groups -OCH3 is 2. The van der Waals surface area contributed by atoms with Gasteiger partial charge in [0.15, 0.2) is 4.80 Å². The van der Waals surface area contributed by atoms with Crippen molar-refractivity contribution in [3.63, 3.8) is 0 Å². The van der Waals surface area contributed by atoms with Gasteiger partial charge in [-0.1, -0.05) is 38.2 Å². The summed E-state index contributed by atoms with van der Waals surface area (Å²) in [5.74, 6) is 0.00271. The third-order valence-corrected chi connectivity index (χ3v) is 8.80. The Labute approximate surface area is 217 Å². The Kier molecular flexibility index (Phi) is 9.98. The molecule has 36 heavy (non-hydrogen) atoms. The molecular weight excluding hydrogens is 498 g/mol. The van der Waals surface area contributed by atoms with Crippen LogP contribution in [-0.4, -0.2) is 63.7 Å². The van der Waals surface area contributed by atoms with Crippen molar-refractivity contribution in [3.05, 3.63) is 58.4 Å². The molecule has 2 aromatic carbocycles. The van der Waals surface area contributed by atoms with E-state index in [2.05, 4.69) is 48.5 Å². The number of aryl methyl sites for hydroxylation is 1. The molecule has 0 saturated carbocycles. The summed E-state index contributed by atoms with van der Waals surface area (Å²) in [6, 6.07) is 12.3. The molecule has 0 N–H and O–H groups in total. The van der Waals surface area contributed by atoms with Crippen LogP contribution in [0.5, 0.6) is 0 Å². The van der Waals surface area contributed by atoms with E-state index in [4.69, 9.17) is 9.47 Å². The Morgan fingerprint density at radius 2 is 1.69 bits per heavy atom. The van der Waals surface area contributed by atoms with Crippen LogP contribution in [0.1, 0.15) is 49.0 Å². The lowest BCUT2D eigenvalue weighted by molar-refractivity contribution is 0.0997. The number of carbonyl (C=O) groups is 1. The molecule has 0 aliphatic heterocycles. The topological polar surface area (TPSA) is 90.2 Å². The minimum atomic E-state index is -3.76. The van der Waals surface area contributed by atoms with Gasteiger partial charge in [-0.05, 0) is 54.3 Å². The molecule has 0 saturated heterocycles. The Hall–Kier alpha value is -2.37. The van der Waals surface area contributed by atoms with Crippen LogP contribution in [0.4, 0.5) is 0 Å². The Morgan fingerprint density at radius 1 is 1.06 bits per heavy atom. The average Bonchev–Trinajstić information content (AvgIpc) is 3.20. The van der Waals surface area contributed by atoms with Gasteiger partial charge in [0.2, 0.25) is 10.0 Å². The largest absolute Gasteiger partial charge is 0.383 e. The monoisotopic (exact) mass is 533 g/mol. The van der Waals surface area contributed by atoms with Gasteiger partial charge in [0.1, 0.15) is 0 Å². The van der Waals surface area contributed by atoms with Gasteiger partial charge in [0, 0.05) is 39.4 Å². The van der Waals surface area contributed by atoms with Crippen LogP contribution >= 0.6 is 11.3 Å². The predicted molar refractivity (Wildman–Crippen MR) is 143 cm³/mol. The number of amides is 1. The van der Waals surface area contributed by atoms with Crippen molar-refractivity contribution in [2.75, 3.05) is 40.5 Å². The SMILES string of the molecule is CCCn1c(=NC(=O)c2ccc(S(=O)(=O)N(CCOC)CCOC)cc2)sc2cc(C(C)C)ccc21. The van der Waals surface area contributed by atoms with Crippen molar-refractivity contribution < 1.29 is 22.7 Å². The zero-order chi connectivity index (χ0) is 26.3. The van der Waals surface area contributed by atoms with Crippen molar-refractivity contribution in [1.29, 1.82) is 0 Å². The second kappa shape index (κ2) is 12.7.